The summed E-state index contributed by atoms with van der Waals surface area (Å²) in [6, 6.07) is 9.20. The second-order valence-electron chi connectivity index (χ2n) is 10.0. The van der Waals surface area contributed by atoms with Gasteiger partial charge in [0, 0.05) is 12.5 Å². The van der Waals surface area contributed by atoms with Crippen LogP contribution in [0, 0.1) is 11.8 Å². The maximum Gasteiger partial charge on any atom is 0.417 e. The van der Waals surface area contributed by atoms with Gasteiger partial charge < -0.3 is 9.47 Å². The molecule has 6 nitrogen and oxygen atoms in total. The fourth-order valence-corrected chi connectivity index (χ4v) is 3.77. The predicted octanol–water partition coefficient (Wildman–Crippen LogP) is 4.75. The maximum atomic E-state index is 13.6. The lowest BCUT2D eigenvalue weighted by Gasteiger charge is -2.44. The van der Waals surface area contributed by atoms with E-state index in [1.165, 1.54) is 4.90 Å². The molecule has 1 fully saturated rings. The fraction of sp³-hybridized carbons (Fsp3) is 0.625. The smallest absolute Gasteiger partial charge is 0.417 e. The lowest BCUT2D eigenvalue weighted by molar-refractivity contribution is -0.160. The van der Waals surface area contributed by atoms with Crippen molar-refractivity contribution < 1.29 is 23.9 Å². The molecule has 0 unspecified atom stereocenters. The van der Waals surface area contributed by atoms with Gasteiger partial charge in [-0.3, -0.25) is 9.59 Å². The van der Waals surface area contributed by atoms with Gasteiger partial charge >= 0.3 is 12.1 Å². The number of benzene rings is 1. The molecule has 1 aromatic carbocycles. The van der Waals surface area contributed by atoms with E-state index >= 15 is 0 Å². The van der Waals surface area contributed by atoms with Crippen molar-refractivity contribution in [2.45, 2.75) is 85.0 Å². The SMILES string of the molecule is CC(C)[C@H]1CC(C)(C)OC(=O)N1C(=O)[C@@H](CC(=O)OC(C)(C)C)Cc1ccccc1. The average molecular weight is 418 g/mol. The number of carbonyl (C=O) groups is 3. The van der Waals surface area contributed by atoms with Gasteiger partial charge in [-0.15, -0.1) is 0 Å². The molecular formula is C24H35NO5. The van der Waals surface area contributed by atoms with Crippen LogP contribution in [-0.4, -0.2) is 40.1 Å². The van der Waals surface area contributed by atoms with E-state index in [0.717, 1.165) is 5.56 Å². The maximum absolute atomic E-state index is 13.6. The van der Waals surface area contributed by atoms with Gasteiger partial charge in [0.05, 0.1) is 12.3 Å². The molecule has 30 heavy (non-hydrogen) atoms. The molecule has 166 valence electrons. The van der Waals surface area contributed by atoms with Gasteiger partial charge in [0.1, 0.15) is 11.2 Å². The van der Waals surface area contributed by atoms with Crippen LogP contribution < -0.4 is 0 Å². The van der Waals surface area contributed by atoms with E-state index in [0.29, 0.717) is 12.8 Å². The molecule has 0 bridgehead atoms. The summed E-state index contributed by atoms with van der Waals surface area (Å²) < 4.78 is 11.0. The van der Waals surface area contributed by atoms with Crippen molar-refractivity contribution in [3.8, 4) is 0 Å². The lowest BCUT2D eigenvalue weighted by atomic mass is 9.87. The van der Waals surface area contributed by atoms with Gasteiger partial charge in [0.2, 0.25) is 5.91 Å². The van der Waals surface area contributed by atoms with Gasteiger partial charge in [-0.05, 0) is 52.5 Å². The van der Waals surface area contributed by atoms with Crippen molar-refractivity contribution in [1.29, 1.82) is 0 Å². The molecule has 0 N–H and O–H groups in total. The minimum absolute atomic E-state index is 0.0694. The molecule has 1 aromatic rings. The number of hydrogen-bond acceptors (Lipinski definition) is 5. The van der Waals surface area contributed by atoms with Crippen LogP contribution in [0.1, 0.15) is 66.9 Å². The van der Waals surface area contributed by atoms with Crippen LogP contribution in [0.25, 0.3) is 0 Å². The Balaban J connectivity index is 2.32. The number of hydrogen-bond donors (Lipinski definition) is 0. The summed E-state index contributed by atoms with van der Waals surface area (Å²) in [5.74, 6) is -1.48. The molecular weight excluding hydrogens is 382 g/mol. The molecule has 1 heterocycles. The third-order valence-electron chi connectivity index (χ3n) is 5.11. The number of carbonyl (C=O) groups excluding carboxylic acids is 3. The van der Waals surface area contributed by atoms with Gasteiger partial charge in [-0.1, -0.05) is 44.2 Å². The van der Waals surface area contributed by atoms with Crippen molar-refractivity contribution in [1.82, 2.24) is 4.90 Å². The van der Waals surface area contributed by atoms with Crippen molar-refractivity contribution in [2.24, 2.45) is 11.8 Å². The van der Waals surface area contributed by atoms with Crippen molar-refractivity contribution in [3.05, 3.63) is 35.9 Å². The molecule has 0 radical (unpaired) electrons. The predicted molar refractivity (Wildman–Crippen MR) is 115 cm³/mol. The summed E-state index contributed by atoms with van der Waals surface area (Å²) in [7, 11) is 0. The molecule has 0 spiro atoms. The summed E-state index contributed by atoms with van der Waals surface area (Å²) in [4.78, 5) is 40.1. The number of imide groups is 1. The number of amides is 2. The molecule has 0 aromatic heterocycles. The average Bonchev–Trinajstić information content (AvgIpc) is 2.58. The van der Waals surface area contributed by atoms with Crippen LogP contribution in [0.2, 0.25) is 0 Å². The highest BCUT2D eigenvalue weighted by Gasteiger charge is 2.46. The van der Waals surface area contributed by atoms with E-state index < -0.39 is 29.2 Å². The Morgan fingerprint density at radius 1 is 1.20 bits per heavy atom. The standard InChI is InChI=1S/C24H35NO5/c1-16(2)19-15-24(6,7)30-22(28)25(19)21(27)18(13-17-11-9-8-10-12-17)14-20(26)29-23(3,4)5/h8-12,16,18-19H,13-15H2,1-7H3/t18-,19-/m1/s1. The summed E-state index contributed by atoms with van der Waals surface area (Å²) in [5.41, 5.74) is -0.360. The number of nitrogens with zero attached hydrogens (tertiary/aromatic N) is 1. The third kappa shape index (κ3) is 6.57. The minimum atomic E-state index is -0.711. The molecule has 1 aliphatic rings. The Hall–Kier alpha value is -2.37. The van der Waals surface area contributed by atoms with Crippen molar-refractivity contribution in [3.63, 3.8) is 0 Å². The van der Waals surface area contributed by atoms with Crippen LogP contribution in [0.5, 0.6) is 0 Å². The Morgan fingerprint density at radius 2 is 1.80 bits per heavy atom. The Morgan fingerprint density at radius 3 is 2.33 bits per heavy atom. The quantitative estimate of drug-likeness (QED) is 0.625. The molecule has 1 saturated heterocycles. The van der Waals surface area contributed by atoms with Crippen LogP contribution in [0.4, 0.5) is 4.79 Å². The fourth-order valence-electron chi connectivity index (χ4n) is 3.77. The summed E-state index contributed by atoms with van der Waals surface area (Å²) in [6.07, 6.45) is 0.157. The van der Waals surface area contributed by atoms with Crippen molar-refractivity contribution >= 4 is 18.0 Å². The zero-order valence-electron chi connectivity index (χ0n) is 19.2. The number of rotatable bonds is 6. The molecule has 2 amide bonds. The molecule has 0 aliphatic carbocycles. The third-order valence-corrected chi connectivity index (χ3v) is 5.11. The summed E-state index contributed by atoms with van der Waals surface area (Å²) >= 11 is 0. The summed E-state index contributed by atoms with van der Waals surface area (Å²) in [6.45, 7) is 13.0. The number of cyclic esters (lactones) is 1. The Labute approximate surface area is 179 Å². The first-order chi connectivity index (χ1) is 13.8. The number of ether oxygens (including phenoxy) is 2. The molecule has 2 rings (SSSR count). The van der Waals surface area contributed by atoms with Crippen LogP contribution in [0.15, 0.2) is 30.3 Å². The second kappa shape index (κ2) is 9.19. The molecule has 2 atom stereocenters. The van der Waals surface area contributed by atoms with E-state index in [2.05, 4.69) is 0 Å². The zero-order chi connectivity index (χ0) is 22.7. The molecule has 1 aliphatic heterocycles. The summed E-state index contributed by atoms with van der Waals surface area (Å²) in [5, 5.41) is 0. The highest BCUT2D eigenvalue weighted by atomic mass is 16.6. The van der Waals surface area contributed by atoms with Gasteiger partial charge in [-0.2, -0.15) is 0 Å². The highest BCUT2D eigenvalue weighted by Crippen LogP contribution is 2.33. The first-order valence-electron chi connectivity index (χ1n) is 10.6. The monoisotopic (exact) mass is 417 g/mol. The van der Waals surface area contributed by atoms with Crippen LogP contribution in [0.3, 0.4) is 0 Å². The Bertz CT molecular complexity index is 764. The lowest BCUT2D eigenvalue weighted by Crippen LogP contribution is -2.58. The van der Waals surface area contributed by atoms with Crippen molar-refractivity contribution in [2.75, 3.05) is 0 Å². The van der Waals surface area contributed by atoms with E-state index in [-0.39, 0.29) is 24.3 Å². The van der Waals surface area contributed by atoms with Gasteiger partial charge in [0.25, 0.3) is 0 Å². The van der Waals surface area contributed by atoms with E-state index in [9.17, 15) is 14.4 Å². The van der Waals surface area contributed by atoms with E-state index in [1.54, 1.807) is 20.8 Å². The molecule has 6 heteroatoms. The number of esters is 1. The first-order valence-corrected chi connectivity index (χ1v) is 10.6. The van der Waals surface area contributed by atoms with E-state index in [4.69, 9.17) is 9.47 Å². The van der Waals surface area contributed by atoms with E-state index in [1.807, 2.05) is 58.0 Å². The first kappa shape index (κ1) is 23.9. The van der Waals surface area contributed by atoms with Gasteiger partial charge in [0.15, 0.2) is 0 Å². The Kier molecular flexibility index (Phi) is 7.32. The van der Waals surface area contributed by atoms with Gasteiger partial charge in [-0.25, -0.2) is 9.69 Å². The second-order valence-corrected chi connectivity index (χ2v) is 10.0. The minimum Gasteiger partial charge on any atom is -0.460 e. The van der Waals surface area contributed by atoms with Crippen LogP contribution >= 0.6 is 0 Å². The normalized spacial score (nSPS) is 19.9. The topological polar surface area (TPSA) is 72.9 Å². The van der Waals surface area contributed by atoms with Crippen LogP contribution in [-0.2, 0) is 25.5 Å². The highest BCUT2D eigenvalue weighted by molar-refractivity contribution is 5.96. The molecule has 0 saturated carbocycles. The zero-order valence-corrected chi connectivity index (χ0v) is 19.2. The largest absolute Gasteiger partial charge is 0.460 e.